The van der Waals surface area contributed by atoms with E-state index in [4.69, 9.17) is 4.74 Å². The van der Waals surface area contributed by atoms with Crippen molar-refractivity contribution in [3.05, 3.63) is 131 Å². The van der Waals surface area contributed by atoms with Crippen molar-refractivity contribution in [1.82, 2.24) is 0 Å². The van der Waals surface area contributed by atoms with Gasteiger partial charge in [0, 0.05) is 11.3 Å². The van der Waals surface area contributed by atoms with E-state index in [0.29, 0.717) is 28.3 Å². The summed E-state index contributed by atoms with van der Waals surface area (Å²) >= 11 is 0. The summed E-state index contributed by atoms with van der Waals surface area (Å²) in [6.45, 7) is 1.95. The minimum Gasteiger partial charge on any atom is -0.507 e. The lowest BCUT2D eigenvalue weighted by atomic mass is 9.95. The fourth-order valence-electron chi connectivity index (χ4n) is 4.24. The number of carbonyl (C=O) groups is 2. The zero-order valence-electron chi connectivity index (χ0n) is 19.1. The van der Waals surface area contributed by atoms with Crippen LogP contribution in [0, 0.1) is 6.92 Å². The van der Waals surface area contributed by atoms with Crippen LogP contribution in [-0.2, 0) is 9.59 Å². The zero-order chi connectivity index (χ0) is 24.4. The van der Waals surface area contributed by atoms with Crippen LogP contribution in [0.4, 0.5) is 5.69 Å². The number of hydrogen-bond acceptors (Lipinski definition) is 4. The Labute approximate surface area is 203 Å². The molecule has 172 valence electrons. The second-order valence-corrected chi connectivity index (χ2v) is 8.36. The van der Waals surface area contributed by atoms with Gasteiger partial charge in [-0.25, -0.2) is 0 Å². The van der Waals surface area contributed by atoms with E-state index in [-0.39, 0.29) is 11.3 Å². The van der Waals surface area contributed by atoms with Crippen molar-refractivity contribution in [2.45, 2.75) is 13.0 Å². The number of nitrogens with zero attached hydrogens (tertiary/aromatic N) is 1. The highest BCUT2D eigenvalue weighted by molar-refractivity contribution is 6.51. The van der Waals surface area contributed by atoms with Crippen LogP contribution in [0.2, 0.25) is 0 Å². The zero-order valence-corrected chi connectivity index (χ0v) is 19.1. The van der Waals surface area contributed by atoms with Gasteiger partial charge < -0.3 is 9.84 Å². The molecule has 1 aliphatic heterocycles. The van der Waals surface area contributed by atoms with Crippen LogP contribution in [0.15, 0.2) is 115 Å². The first-order valence-corrected chi connectivity index (χ1v) is 11.3. The average Bonchev–Trinajstić information content (AvgIpc) is 3.16. The average molecular weight is 462 g/mol. The summed E-state index contributed by atoms with van der Waals surface area (Å²) in [7, 11) is 0. The lowest BCUT2D eigenvalue weighted by Gasteiger charge is -2.26. The third kappa shape index (κ3) is 4.32. The molecule has 5 heteroatoms. The van der Waals surface area contributed by atoms with E-state index in [0.717, 1.165) is 5.56 Å². The van der Waals surface area contributed by atoms with E-state index < -0.39 is 17.7 Å². The lowest BCUT2D eigenvalue weighted by molar-refractivity contribution is -0.132. The molecule has 4 aromatic carbocycles. The molecule has 1 atom stereocenters. The van der Waals surface area contributed by atoms with Gasteiger partial charge in [0.2, 0.25) is 0 Å². The van der Waals surface area contributed by atoms with Crippen molar-refractivity contribution in [2.75, 3.05) is 4.90 Å². The standard InChI is InChI=1S/C30H23NO4/c1-20-15-17-23(18-16-20)31-27(22-11-8-14-25(19-22)35-24-12-6-3-7-13-24)26(29(33)30(31)34)28(32)21-9-4-2-5-10-21/h2-19,27,32H,1H3/b28-26-. The molecule has 35 heavy (non-hydrogen) atoms. The Morgan fingerprint density at radius 1 is 0.771 bits per heavy atom. The molecular weight excluding hydrogens is 438 g/mol. The van der Waals surface area contributed by atoms with E-state index >= 15 is 0 Å². The van der Waals surface area contributed by atoms with E-state index in [2.05, 4.69) is 0 Å². The molecule has 0 bridgehead atoms. The molecule has 0 spiro atoms. The van der Waals surface area contributed by atoms with Gasteiger partial charge in [0.05, 0.1) is 11.6 Å². The number of ketones is 1. The lowest BCUT2D eigenvalue weighted by Crippen LogP contribution is -2.29. The Morgan fingerprint density at radius 2 is 1.40 bits per heavy atom. The number of para-hydroxylation sites is 1. The number of Topliss-reactive ketones (excluding diaryl/α,β-unsaturated/α-hetero) is 1. The van der Waals surface area contributed by atoms with Gasteiger partial charge in [0.1, 0.15) is 17.3 Å². The quantitative estimate of drug-likeness (QED) is 0.212. The monoisotopic (exact) mass is 461 g/mol. The molecule has 1 N–H and O–H groups in total. The predicted molar refractivity (Wildman–Crippen MR) is 135 cm³/mol. The topological polar surface area (TPSA) is 66.8 Å². The number of aliphatic hydroxyl groups excluding tert-OH is 1. The molecule has 0 aromatic heterocycles. The summed E-state index contributed by atoms with van der Waals surface area (Å²) < 4.78 is 6.00. The Balaban J connectivity index is 1.66. The molecule has 1 unspecified atom stereocenters. The molecule has 1 heterocycles. The van der Waals surface area contributed by atoms with Gasteiger partial charge in [-0.1, -0.05) is 78.4 Å². The third-order valence-electron chi connectivity index (χ3n) is 5.96. The number of ether oxygens (including phenoxy) is 1. The van der Waals surface area contributed by atoms with Crippen LogP contribution in [0.3, 0.4) is 0 Å². The minimum atomic E-state index is -0.822. The van der Waals surface area contributed by atoms with Crippen LogP contribution in [0.25, 0.3) is 5.76 Å². The van der Waals surface area contributed by atoms with Crippen LogP contribution in [0.5, 0.6) is 11.5 Å². The summed E-state index contributed by atoms with van der Waals surface area (Å²) in [5.41, 5.74) is 2.76. The first-order chi connectivity index (χ1) is 17.0. The molecule has 5 nitrogen and oxygen atoms in total. The molecule has 1 saturated heterocycles. The number of rotatable bonds is 5. The summed E-state index contributed by atoms with van der Waals surface area (Å²) in [5, 5.41) is 11.2. The third-order valence-corrected chi connectivity index (χ3v) is 5.96. The van der Waals surface area contributed by atoms with E-state index in [1.54, 1.807) is 42.5 Å². The van der Waals surface area contributed by atoms with Gasteiger partial charge in [0.25, 0.3) is 11.7 Å². The van der Waals surface area contributed by atoms with Gasteiger partial charge in [-0.15, -0.1) is 0 Å². The number of anilines is 1. The van der Waals surface area contributed by atoms with Crippen LogP contribution < -0.4 is 9.64 Å². The molecule has 0 aliphatic carbocycles. The number of benzene rings is 4. The van der Waals surface area contributed by atoms with E-state index in [1.807, 2.05) is 73.7 Å². The van der Waals surface area contributed by atoms with Crippen molar-refractivity contribution in [2.24, 2.45) is 0 Å². The van der Waals surface area contributed by atoms with Crippen molar-refractivity contribution < 1.29 is 19.4 Å². The molecule has 0 saturated carbocycles. The summed E-state index contributed by atoms with van der Waals surface area (Å²) in [6.07, 6.45) is 0. The van der Waals surface area contributed by atoms with Gasteiger partial charge >= 0.3 is 0 Å². The SMILES string of the molecule is Cc1ccc(N2C(=O)C(=O)/C(=C(\O)c3ccccc3)C2c2cccc(Oc3ccccc3)c2)cc1. The number of aryl methyl sites for hydroxylation is 1. The summed E-state index contributed by atoms with van der Waals surface area (Å²) in [4.78, 5) is 28.0. The Kier molecular flexibility index (Phi) is 5.90. The number of amides is 1. The number of aliphatic hydroxyl groups is 1. The normalized spacial score (nSPS) is 16.9. The van der Waals surface area contributed by atoms with Gasteiger partial charge in [-0.3, -0.25) is 14.5 Å². The summed E-state index contributed by atoms with van der Waals surface area (Å²) in [5.74, 6) is -0.403. The second-order valence-electron chi connectivity index (χ2n) is 8.36. The van der Waals surface area contributed by atoms with Crippen LogP contribution in [-0.4, -0.2) is 16.8 Å². The maximum Gasteiger partial charge on any atom is 0.300 e. The first kappa shape index (κ1) is 22.2. The van der Waals surface area contributed by atoms with Crippen molar-refractivity contribution in [1.29, 1.82) is 0 Å². The van der Waals surface area contributed by atoms with Crippen molar-refractivity contribution >= 4 is 23.1 Å². The molecule has 1 amide bonds. The minimum absolute atomic E-state index is 0.0404. The van der Waals surface area contributed by atoms with E-state index in [1.165, 1.54) is 4.90 Å². The first-order valence-electron chi connectivity index (χ1n) is 11.3. The Bertz CT molecular complexity index is 1410. The van der Waals surface area contributed by atoms with Crippen LogP contribution in [0.1, 0.15) is 22.7 Å². The smallest absolute Gasteiger partial charge is 0.300 e. The van der Waals surface area contributed by atoms with Gasteiger partial charge in [0.15, 0.2) is 0 Å². The van der Waals surface area contributed by atoms with Crippen molar-refractivity contribution in [3.63, 3.8) is 0 Å². The molecule has 5 rings (SSSR count). The fraction of sp³-hybridized carbons (Fsp3) is 0.0667. The molecular formula is C30H23NO4. The van der Waals surface area contributed by atoms with Gasteiger partial charge in [-0.2, -0.15) is 0 Å². The van der Waals surface area contributed by atoms with E-state index in [9.17, 15) is 14.7 Å². The Morgan fingerprint density at radius 3 is 2.09 bits per heavy atom. The molecule has 0 radical (unpaired) electrons. The number of hydrogen-bond donors (Lipinski definition) is 1. The van der Waals surface area contributed by atoms with Gasteiger partial charge in [-0.05, 0) is 48.9 Å². The maximum atomic E-state index is 13.3. The molecule has 1 aliphatic rings. The predicted octanol–water partition coefficient (Wildman–Crippen LogP) is 6.41. The maximum absolute atomic E-state index is 13.3. The molecule has 1 fully saturated rings. The molecule has 4 aromatic rings. The highest BCUT2D eigenvalue weighted by Gasteiger charge is 2.47. The number of carbonyl (C=O) groups excluding carboxylic acids is 2. The second kappa shape index (κ2) is 9.31. The highest BCUT2D eigenvalue weighted by atomic mass is 16.5. The largest absolute Gasteiger partial charge is 0.507 e. The van der Waals surface area contributed by atoms with Crippen LogP contribution >= 0.6 is 0 Å². The highest BCUT2D eigenvalue weighted by Crippen LogP contribution is 2.43. The Hall–Kier alpha value is -4.64. The van der Waals surface area contributed by atoms with Crippen molar-refractivity contribution in [3.8, 4) is 11.5 Å². The summed E-state index contributed by atoms with van der Waals surface area (Å²) in [6, 6.07) is 32.0. The fourth-order valence-corrected chi connectivity index (χ4v) is 4.24.